The van der Waals surface area contributed by atoms with Gasteiger partial charge in [-0.1, -0.05) is 24.3 Å². The molecule has 0 aliphatic rings. The molecule has 0 saturated heterocycles. The molecule has 1 N–H and O–H groups in total. The Bertz CT molecular complexity index is 765. The molecule has 0 atom stereocenters. The molecule has 2 aromatic carbocycles. The molecule has 0 spiro atoms. The first-order valence-electron chi connectivity index (χ1n) is 6.29. The number of carbonyl (C=O) groups is 1. The van der Waals surface area contributed by atoms with Gasteiger partial charge in [-0.2, -0.15) is 13.2 Å². The zero-order valence-corrected chi connectivity index (χ0v) is 11.6. The van der Waals surface area contributed by atoms with E-state index in [4.69, 9.17) is 5.11 Å². The lowest BCUT2D eigenvalue weighted by atomic mass is 9.95. The molecule has 0 bridgehead atoms. The number of hydrogen-bond donors (Lipinski definition) is 1. The van der Waals surface area contributed by atoms with Crippen molar-refractivity contribution in [3.8, 4) is 16.9 Å². The quantitative estimate of drug-likeness (QED) is 0.795. The summed E-state index contributed by atoms with van der Waals surface area (Å²) >= 11 is 0. The normalized spacial score (nSPS) is 12.1. The zero-order chi connectivity index (χ0) is 18.1. The first kappa shape index (κ1) is 17.6. The second-order valence-electron chi connectivity index (χ2n) is 4.61. The Morgan fingerprint density at radius 1 is 0.958 bits per heavy atom. The highest BCUT2D eigenvalue weighted by Gasteiger charge is 2.37. The molecule has 9 heteroatoms. The number of rotatable bonds is 3. The van der Waals surface area contributed by atoms with Crippen LogP contribution in [0.5, 0.6) is 5.75 Å². The van der Waals surface area contributed by atoms with Crippen LogP contribution in [0.25, 0.3) is 11.1 Å². The summed E-state index contributed by atoms with van der Waals surface area (Å²) in [6.45, 7) is 0. The van der Waals surface area contributed by atoms with Crippen LogP contribution in [0.3, 0.4) is 0 Å². The Morgan fingerprint density at radius 2 is 1.58 bits per heavy atom. The standard InChI is InChI=1S/C15H8F6O3/c16-14(17,18)11-6-2-5-10(12(11)13(22)23)8-3-1-4-9(7-8)24-15(19,20)21/h1-7H,(H,22,23). The van der Waals surface area contributed by atoms with Crippen molar-refractivity contribution >= 4 is 5.97 Å². The minimum atomic E-state index is -4.98. The fraction of sp³-hybridized carbons (Fsp3) is 0.133. The molecule has 0 saturated carbocycles. The number of carboxylic acid groups (broad SMARTS) is 1. The highest BCUT2D eigenvalue weighted by Crippen LogP contribution is 2.37. The van der Waals surface area contributed by atoms with Crippen molar-refractivity contribution in [1.29, 1.82) is 0 Å². The molecule has 0 aliphatic carbocycles. The number of carboxylic acids is 1. The number of aromatic carboxylic acids is 1. The Kier molecular flexibility index (Phi) is 4.46. The molecule has 0 aromatic heterocycles. The van der Waals surface area contributed by atoms with Crippen molar-refractivity contribution < 1.29 is 41.0 Å². The summed E-state index contributed by atoms with van der Waals surface area (Å²) in [5.74, 6) is -2.52. The second-order valence-corrected chi connectivity index (χ2v) is 4.61. The van der Waals surface area contributed by atoms with E-state index < -0.39 is 35.4 Å². The molecule has 128 valence electrons. The smallest absolute Gasteiger partial charge is 0.478 e. The van der Waals surface area contributed by atoms with E-state index in [-0.39, 0.29) is 11.1 Å². The van der Waals surface area contributed by atoms with E-state index in [1.54, 1.807) is 0 Å². The summed E-state index contributed by atoms with van der Waals surface area (Å²) < 4.78 is 79.3. The van der Waals surface area contributed by atoms with Crippen molar-refractivity contribution in [3.05, 3.63) is 53.6 Å². The average Bonchev–Trinajstić information content (AvgIpc) is 2.44. The van der Waals surface area contributed by atoms with Crippen molar-refractivity contribution in [2.45, 2.75) is 12.5 Å². The number of benzene rings is 2. The van der Waals surface area contributed by atoms with Gasteiger partial charge in [0.2, 0.25) is 0 Å². The van der Waals surface area contributed by atoms with E-state index in [2.05, 4.69) is 4.74 Å². The third-order valence-electron chi connectivity index (χ3n) is 2.96. The summed E-state index contributed by atoms with van der Waals surface area (Å²) in [4.78, 5) is 11.3. The van der Waals surface area contributed by atoms with Gasteiger partial charge in [0.15, 0.2) is 0 Å². The molecule has 0 radical (unpaired) electrons. The van der Waals surface area contributed by atoms with Crippen LogP contribution >= 0.6 is 0 Å². The third-order valence-corrected chi connectivity index (χ3v) is 2.96. The van der Waals surface area contributed by atoms with E-state index in [1.807, 2.05) is 0 Å². The molecular weight excluding hydrogens is 342 g/mol. The van der Waals surface area contributed by atoms with Gasteiger partial charge in [-0.05, 0) is 29.3 Å². The van der Waals surface area contributed by atoms with Crippen LogP contribution in [0.15, 0.2) is 42.5 Å². The van der Waals surface area contributed by atoms with Gasteiger partial charge in [-0.15, -0.1) is 13.2 Å². The van der Waals surface area contributed by atoms with Crippen molar-refractivity contribution in [3.63, 3.8) is 0 Å². The van der Waals surface area contributed by atoms with Gasteiger partial charge in [-0.3, -0.25) is 0 Å². The Labute approximate surface area is 131 Å². The van der Waals surface area contributed by atoms with E-state index >= 15 is 0 Å². The van der Waals surface area contributed by atoms with Gasteiger partial charge in [0, 0.05) is 0 Å². The first-order chi connectivity index (χ1) is 11.0. The SMILES string of the molecule is O=C(O)c1c(-c2cccc(OC(F)(F)F)c2)cccc1C(F)(F)F. The van der Waals surface area contributed by atoms with Crippen molar-refractivity contribution in [2.75, 3.05) is 0 Å². The first-order valence-corrected chi connectivity index (χ1v) is 6.29. The van der Waals surface area contributed by atoms with Crippen LogP contribution in [-0.2, 0) is 6.18 Å². The molecular formula is C15H8F6O3. The lowest BCUT2D eigenvalue weighted by Crippen LogP contribution is -2.17. The van der Waals surface area contributed by atoms with Crippen molar-refractivity contribution in [2.24, 2.45) is 0 Å². The largest absolute Gasteiger partial charge is 0.573 e. The van der Waals surface area contributed by atoms with Crippen LogP contribution < -0.4 is 4.74 Å². The van der Waals surface area contributed by atoms with Gasteiger partial charge in [0.1, 0.15) is 5.75 Å². The van der Waals surface area contributed by atoms with Crippen molar-refractivity contribution in [1.82, 2.24) is 0 Å². The van der Waals surface area contributed by atoms with Gasteiger partial charge in [0.25, 0.3) is 0 Å². The Morgan fingerprint density at radius 3 is 2.12 bits per heavy atom. The van der Waals surface area contributed by atoms with Crippen LogP contribution in [0.2, 0.25) is 0 Å². The molecule has 0 amide bonds. The summed E-state index contributed by atoms with van der Waals surface area (Å²) in [5.41, 5.74) is -2.96. The minimum absolute atomic E-state index is 0.153. The lowest BCUT2D eigenvalue weighted by molar-refractivity contribution is -0.274. The summed E-state index contributed by atoms with van der Waals surface area (Å²) in [6, 6.07) is 6.70. The Balaban J connectivity index is 2.61. The third kappa shape index (κ3) is 3.98. The highest BCUT2D eigenvalue weighted by molar-refractivity contribution is 5.98. The van der Waals surface area contributed by atoms with Crippen LogP contribution in [0, 0.1) is 0 Å². The van der Waals surface area contributed by atoms with E-state index in [1.165, 1.54) is 6.07 Å². The molecule has 2 aromatic rings. The van der Waals surface area contributed by atoms with Gasteiger partial charge in [-0.25, -0.2) is 4.79 Å². The second kappa shape index (κ2) is 6.06. The predicted octanol–water partition coefficient (Wildman–Crippen LogP) is 4.97. The summed E-state index contributed by atoms with van der Waals surface area (Å²) in [6.07, 6.45) is -9.91. The topological polar surface area (TPSA) is 46.5 Å². The van der Waals surface area contributed by atoms with Crippen LogP contribution in [-0.4, -0.2) is 17.4 Å². The maximum atomic E-state index is 13.0. The molecule has 2 rings (SSSR count). The average molecular weight is 350 g/mol. The van der Waals surface area contributed by atoms with E-state index in [9.17, 15) is 31.1 Å². The molecule has 0 heterocycles. The zero-order valence-electron chi connectivity index (χ0n) is 11.6. The maximum absolute atomic E-state index is 13.0. The molecule has 0 unspecified atom stereocenters. The fourth-order valence-corrected chi connectivity index (χ4v) is 2.12. The number of ether oxygens (including phenoxy) is 1. The molecule has 0 fully saturated rings. The summed E-state index contributed by atoms with van der Waals surface area (Å²) in [7, 11) is 0. The van der Waals surface area contributed by atoms with E-state index in [0.29, 0.717) is 6.07 Å². The molecule has 24 heavy (non-hydrogen) atoms. The maximum Gasteiger partial charge on any atom is 0.573 e. The minimum Gasteiger partial charge on any atom is -0.478 e. The lowest BCUT2D eigenvalue weighted by Gasteiger charge is -2.15. The predicted molar refractivity (Wildman–Crippen MR) is 70.5 cm³/mol. The van der Waals surface area contributed by atoms with Crippen LogP contribution in [0.1, 0.15) is 15.9 Å². The van der Waals surface area contributed by atoms with E-state index in [0.717, 1.165) is 30.3 Å². The molecule has 3 nitrogen and oxygen atoms in total. The number of alkyl halides is 6. The highest BCUT2D eigenvalue weighted by atomic mass is 19.4. The Hall–Kier alpha value is -2.71. The van der Waals surface area contributed by atoms with Gasteiger partial charge >= 0.3 is 18.5 Å². The molecule has 0 aliphatic heterocycles. The van der Waals surface area contributed by atoms with Crippen LogP contribution in [0.4, 0.5) is 26.3 Å². The fourth-order valence-electron chi connectivity index (χ4n) is 2.12. The number of hydrogen-bond acceptors (Lipinski definition) is 2. The van der Waals surface area contributed by atoms with Gasteiger partial charge in [0.05, 0.1) is 11.1 Å². The summed E-state index contributed by atoms with van der Waals surface area (Å²) in [5, 5.41) is 9.12. The number of halogens is 6. The van der Waals surface area contributed by atoms with Gasteiger partial charge < -0.3 is 9.84 Å². The monoisotopic (exact) mass is 350 g/mol.